The van der Waals surface area contributed by atoms with Gasteiger partial charge in [-0.15, -0.1) is 23.1 Å². The summed E-state index contributed by atoms with van der Waals surface area (Å²) in [6.45, 7) is 2.42. The van der Waals surface area contributed by atoms with Crippen molar-refractivity contribution in [3.8, 4) is 6.07 Å². The predicted octanol–water partition coefficient (Wildman–Crippen LogP) is 0.707. The second-order valence-electron chi connectivity index (χ2n) is 8.68. The highest BCUT2D eigenvalue weighted by Crippen LogP contribution is 2.40. The molecule has 0 aromatic carbocycles. The summed E-state index contributed by atoms with van der Waals surface area (Å²) >= 11 is 2.50. The Morgan fingerprint density at radius 3 is 2.95 bits per heavy atom. The first-order valence-electron chi connectivity index (χ1n) is 11.8. The number of aliphatic carboxylic acids is 1. The van der Waals surface area contributed by atoms with Crippen LogP contribution in [0.25, 0.3) is 5.65 Å². The zero-order valence-corrected chi connectivity index (χ0v) is 22.2. The summed E-state index contributed by atoms with van der Waals surface area (Å²) in [6.07, 6.45) is 5.92. The Hall–Kier alpha value is -4.42. The summed E-state index contributed by atoms with van der Waals surface area (Å²) in [7, 11) is 0. The molecule has 0 saturated carbocycles. The monoisotopic (exact) mass is 567 g/mol. The lowest BCUT2D eigenvalue weighted by Crippen LogP contribution is -2.71. The van der Waals surface area contributed by atoms with Gasteiger partial charge in [-0.1, -0.05) is 12.1 Å². The molecule has 39 heavy (non-hydrogen) atoms. The largest absolute Gasteiger partial charge is 0.477 e. The molecule has 1 saturated heterocycles. The highest BCUT2D eigenvalue weighted by molar-refractivity contribution is 8.00. The van der Waals surface area contributed by atoms with Gasteiger partial charge in [-0.2, -0.15) is 5.26 Å². The molecule has 1 fully saturated rings. The Morgan fingerprint density at radius 2 is 2.26 bits per heavy atom. The van der Waals surface area contributed by atoms with Gasteiger partial charge in [0.15, 0.2) is 10.8 Å². The van der Waals surface area contributed by atoms with Crippen molar-refractivity contribution in [1.29, 1.82) is 5.26 Å². The first-order valence-corrected chi connectivity index (χ1v) is 13.8. The number of nitriles is 1. The lowest BCUT2D eigenvalue weighted by atomic mass is 10.0. The number of hydrogen-bond donors (Lipinski definition) is 3. The molecular formula is C24H23N8O5S2+. The zero-order valence-electron chi connectivity index (χ0n) is 20.6. The van der Waals surface area contributed by atoms with E-state index in [9.17, 15) is 19.5 Å². The minimum atomic E-state index is -1.22. The number of carboxylic acids is 1. The summed E-state index contributed by atoms with van der Waals surface area (Å²) in [5.41, 5.74) is 7.53. The van der Waals surface area contributed by atoms with Crippen molar-refractivity contribution >= 4 is 57.4 Å². The van der Waals surface area contributed by atoms with E-state index >= 15 is 0 Å². The van der Waals surface area contributed by atoms with E-state index in [4.69, 9.17) is 15.8 Å². The van der Waals surface area contributed by atoms with Crippen LogP contribution in [0.1, 0.15) is 24.6 Å². The number of carbonyl (C=O) groups excluding carboxylic acids is 2. The SMILES string of the molecule is CCCO/N=C(\C(=O)N[C@@H]1C(=O)N2C(C(=O)O)=C(C[n+]3ccn4cc(C#N)ccc43)CS[C@H]12)c1csc(N)n1. The molecular weight excluding hydrogens is 544 g/mol. The number of hydrogen-bond acceptors (Lipinski definition) is 10. The average Bonchev–Trinajstić information content (AvgIpc) is 3.54. The molecule has 3 aromatic rings. The van der Waals surface area contributed by atoms with Crippen LogP contribution in [0.3, 0.4) is 0 Å². The van der Waals surface area contributed by atoms with Gasteiger partial charge in [0, 0.05) is 22.8 Å². The van der Waals surface area contributed by atoms with E-state index < -0.39 is 29.2 Å². The number of thioether (sulfide) groups is 1. The molecule has 2 atom stereocenters. The van der Waals surface area contributed by atoms with Crippen LogP contribution in [-0.2, 0) is 25.8 Å². The van der Waals surface area contributed by atoms with Crippen LogP contribution >= 0.6 is 23.1 Å². The number of rotatable bonds is 9. The number of fused-ring (bicyclic) bond motifs is 2. The molecule has 15 heteroatoms. The lowest BCUT2D eigenvalue weighted by Gasteiger charge is -2.49. The Bertz CT molecular complexity index is 1590. The Balaban J connectivity index is 1.36. The lowest BCUT2D eigenvalue weighted by molar-refractivity contribution is -0.662. The number of oxime groups is 1. The minimum Gasteiger partial charge on any atom is -0.477 e. The topological polar surface area (TPSA) is 179 Å². The fourth-order valence-electron chi connectivity index (χ4n) is 4.32. The third kappa shape index (κ3) is 4.91. The van der Waals surface area contributed by atoms with E-state index in [1.807, 2.05) is 11.5 Å². The predicted molar refractivity (Wildman–Crippen MR) is 141 cm³/mol. The first-order chi connectivity index (χ1) is 18.8. The number of thiazole rings is 1. The number of nitrogen functional groups attached to an aromatic ring is 1. The van der Waals surface area contributed by atoms with Gasteiger partial charge in [-0.3, -0.25) is 14.5 Å². The van der Waals surface area contributed by atoms with Crippen molar-refractivity contribution in [1.82, 2.24) is 19.6 Å². The normalized spacial score (nSPS) is 18.9. The van der Waals surface area contributed by atoms with Crippen LogP contribution in [0.5, 0.6) is 0 Å². The average molecular weight is 568 g/mol. The summed E-state index contributed by atoms with van der Waals surface area (Å²) in [4.78, 5) is 49.1. The number of anilines is 1. The first kappa shape index (κ1) is 26.2. The molecule has 2 amide bonds. The van der Waals surface area contributed by atoms with Crippen molar-refractivity contribution in [3.05, 3.63) is 58.6 Å². The van der Waals surface area contributed by atoms with Crippen molar-refractivity contribution in [2.24, 2.45) is 5.16 Å². The van der Waals surface area contributed by atoms with Gasteiger partial charge < -0.3 is 21.0 Å². The molecule has 5 rings (SSSR count). The maximum atomic E-state index is 13.2. The van der Waals surface area contributed by atoms with Gasteiger partial charge in [0.25, 0.3) is 17.5 Å². The highest BCUT2D eigenvalue weighted by Gasteiger charge is 2.54. The third-order valence-electron chi connectivity index (χ3n) is 6.11. The van der Waals surface area contributed by atoms with Gasteiger partial charge in [0.2, 0.25) is 0 Å². The quantitative estimate of drug-likeness (QED) is 0.110. The second kappa shape index (κ2) is 10.8. The van der Waals surface area contributed by atoms with Crippen LogP contribution in [0, 0.1) is 11.3 Å². The number of pyridine rings is 1. The standard InChI is InChI=1S/C24H22N8O5S2/c1-2-7-37-29-17(15-12-39-24(26)27-15)20(33)28-18-21(34)32-19(23(35)36)14(11-38-22(18)32)10-31-6-5-30-9-13(8-25)3-4-16(30)31/h3-6,9,12,18,22H,2,7,10-11H2,1H3,(H3-,26,27,28,33,35,36)/p+1/b29-17-/t18-,22-/m1/s1. The number of nitrogens with zero attached hydrogens (tertiary/aromatic N) is 6. The molecule has 13 nitrogen and oxygen atoms in total. The van der Waals surface area contributed by atoms with Gasteiger partial charge in [-0.05, 0) is 12.5 Å². The number of aromatic nitrogens is 3. The molecule has 0 spiro atoms. The molecule has 200 valence electrons. The van der Waals surface area contributed by atoms with Crippen LogP contribution in [0.15, 0.2) is 52.5 Å². The van der Waals surface area contributed by atoms with E-state index in [0.717, 1.165) is 17.0 Å². The van der Waals surface area contributed by atoms with E-state index in [2.05, 4.69) is 21.5 Å². The number of β-lactam (4-membered cyclic amide) rings is 1. The number of nitrogens with two attached hydrogens (primary N) is 1. The summed E-state index contributed by atoms with van der Waals surface area (Å²) in [5, 5.41) is 27.0. The smallest absolute Gasteiger partial charge is 0.352 e. The molecule has 4 N–H and O–H groups in total. The second-order valence-corrected chi connectivity index (χ2v) is 10.7. The minimum absolute atomic E-state index is 0.0952. The van der Waals surface area contributed by atoms with Crippen molar-refractivity contribution in [3.63, 3.8) is 0 Å². The molecule has 0 unspecified atom stereocenters. The van der Waals surface area contributed by atoms with Crippen LogP contribution in [0.4, 0.5) is 5.13 Å². The summed E-state index contributed by atoms with van der Waals surface area (Å²) in [5.74, 6) is -2.09. The maximum Gasteiger partial charge on any atom is 0.352 e. The van der Waals surface area contributed by atoms with Gasteiger partial charge in [0.1, 0.15) is 60.6 Å². The number of amides is 2. The van der Waals surface area contributed by atoms with E-state index in [1.54, 1.807) is 40.5 Å². The van der Waals surface area contributed by atoms with Crippen LogP contribution in [-0.4, -0.2) is 66.7 Å². The number of nitrogens with one attached hydrogen (secondary N) is 1. The maximum absolute atomic E-state index is 13.2. The molecule has 0 aliphatic carbocycles. The van der Waals surface area contributed by atoms with E-state index in [-0.39, 0.29) is 35.4 Å². The van der Waals surface area contributed by atoms with Gasteiger partial charge in [0.05, 0.1) is 5.56 Å². The molecule has 2 aliphatic rings. The third-order valence-corrected chi connectivity index (χ3v) is 8.13. The zero-order chi connectivity index (χ0) is 27.7. The fourth-order valence-corrected chi connectivity index (χ4v) is 6.21. The van der Waals surface area contributed by atoms with E-state index in [0.29, 0.717) is 23.3 Å². The number of imidazole rings is 1. The molecule has 3 aromatic heterocycles. The summed E-state index contributed by atoms with van der Waals surface area (Å²) < 4.78 is 3.63. The number of carboxylic acid groups (broad SMARTS) is 1. The molecule has 2 aliphatic heterocycles. The van der Waals surface area contributed by atoms with Gasteiger partial charge >= 0.3 is 5.97 Å². The Labute approximate surface area is 230 Å². The molecule has 0 radical (unpaired) electrons. The van der Waals surface area contributed by atoms with Gasteiger partial charge in [-0.25, -0.2) is 18.7 Å². The fraction of sp³-hybridized carbons (Fsp3) is 0.292. The van der Waals surface area contributed by atoms with Crippen molar-refractivity contribution in [2.75, 3.05) is 18.1 Å². The number of carbonyl (C=O) groups is 3. The Morgan fingerprint density at radius 1 is 1.44 bits per heavy atom. The molecule has 5 heterocycles. The highest BCUT2D eigenvalue weighted by atomic mass is 32.2. The summed E-state index contributed by atoms with van der Waals surface area (Å²) in [6, 6.07) is 4.60. The van der Waals surface area contributed by atoms with Crippen LogP contribution in [0.2, 0.25) is 0 Å². The van der Waals surface area contributed by atoms with Crippen LogP contribution < -0.4 is 15.6 Å². The van der Waals surface area contributed by atoms with Crippen molar-refractivity contribution < 1.29 is 28.9 Å². The molecule has 0 bridgehead atoms. The van der Waals surface area contributed by atoms with Crippen molar-refractivity contribution in [2.45, 2.75) is 31.3 Å². The Kier molecular flexibility index (Phi) is 7.22. The van der Waals surface area contributed by atoms with E-state index in [1.165, 1.54) is 16.7 Å².